The summed E-state index contributed by atoms with van der Waals surface area (Å²) >= 11 is 1.81. The molecule has 1 fully saturated rings. The number of piperidine rings is 1. The lowest BCUT2D eigenvalue weighted by Crippen LogP contribution is -2.51. The van der Waals surface area contributed by atoms with Crippen molar-refractivity contribution in [3.05, 3.63) is 21.9 Å². The molecular formula is C15H25ClN2OS. The minimum Gasteiger partial charge on any atom is -0.353 e. The maximum absolute atomic E-state index is 12.4. The van der Waals surface area contributed by atoms with Gasteiger partial charge in [-0.15, -0.1) is 23.7 Å². The van der Waals surface area contributed by atoms with Gasteiger partial charge in [-0.2, -0.15) is 0 Å². The van der Waals surface area contributed by atoms with Gasteiger partial charge in [0, 0.05) is 28.8 Å². The lowest BCUT2D eigenvalue weighted by molar-refractivity contribution is -0.131. The van der Waals surface area contributed by atoms with Crippen molar-refractivity contribution >= 4 is 29.7 Å². The number of rotatable bonds is 4. The van der Waals surface area contributed by atoms with Crippen molar-refractivity contribution in [3.63, 3.8) is 0 Å². The van der Waals surface area contributed by atoms with E-state index < -0.39 is 0 Å². The number of aryl methyl sites for hydroxylation is 1. The van der Waals surface area contributed by atoms with Crippen molar-refractivity contribution in [1.29, 1.82) is 0 Å². The van der Waals surface area contributed by atoms with E-state index in [2.05, 4.69) is 43.5 Å². The minimum atomic E-state index is -0.238. The number of amides is 1. The summed E-state index contributed by atoms with van der Waals surface area (Å²) in [7, 11) is 0. The second kappa shape index (κ2) is 7.43. The van der Waals surface area contributed by atoms with Gasteiger partial charge in [0.2, 0.25) is 5.91 Å². The number of carbonyl (C=O) groups excluding carboxylic acids is 1. The van der Waals surface area contributed by atoms with E-state index >= 15 is 0 Å². The van der Waals surface area contributed by atoms with E-state index in [1.165, 1.54) is 9.75 Å². The van der Waals surface area contributed by atoms with Crippen LogP contribution >= 0.6 is 23.7 Å². The Morgan fingerprint density at radius 1 is 1.55 bits per heavy atom. The van der Waals surface area contributed by atoms with Crippen LogP contribution in [0.5, 0.6) is 0 Å². The molecule has 0 bridgehead atoms. The molecule has 0 aromatic carbocycles. The fourth-order valence-electron chi connectivity index (χ4n) is 2.60. The fraction of sp³-hybridized carbons (Fsp3) is 0.667. The summed E-state index contributed by atoms with van der Waals surface area (Å²) in [4.78, 5) is 15.1. The Kier molecular flexibility index (Phi) is 6.49. The Balaban J connectivity index is 0.00000200. The summed E-state index contributed by atoms with van der Waals surface area (Å²) in [6.07, 6.45) is 2.99. The molecule has 0 spiro atoms. The topological polar surface area (TPSA) is 41.1 Å². The van der Waals surface area contributed by atoms with Crippen molar-refractivity contribution < 1.29 is 4.79 Å². The van der Waals surface area contributed by atoms with Gasteiger partial charge >= 0.3 is 0 Å². The molecule has 0 saturated carbocycles. The van der Waals surface area contributed by atoms with Crippen LogP contribution in [-0.2, 0) is 11.2 Å². The third-order valence-electron chi connectivity index (χ3n) is 3.83. The van der Waals surface area contributed by atoms with E-state index in [1.807, 2.05) is 11.3 Å². The number of nitrogens with one attached hydrogen (secondary N) is 2. The van der Waals surface area contributed by atoms with E-state index in [1.54, 1.807) is 0 Å². The highest BCUT2D eigenvalue weighted by atomic mass is 35.5. The smallest absolute Gasteiger partial charge is 0.227 e. The highest BCUT2D eigenvalue weighted by Gasteiger charge is 2.35. The van der Waals surface area contributed by atoms with Crippen molar-refractivity contribution in [2.75, 3.05) is 13.1 Å². The summed E-state index contributed by atoms with van der Waals surface area (Å²) in [6.45, 7) is 8.10. The normalized spacial score (nSPS) is 23.8. The molecule has 2 N–H and O–H groups in total. The van der Waals surface area contributed by atoms with Crippen molar-refractivity contribution in [3.8, 4) is 0 Å². The zero-order valence-corrected chi connectivity index (χ0v) is 14.1. The second-order valence-corrected chi connectivity index (χ2v) is 7.30. The summed E-state index contributed by atoms with van der Waals surface area (Å²) in [5.74, 6) is 0.195. The summed E-state index contributed by atoms with van der Waals surface area (Å²) < 4.78 is 0. The predicted octanol–water partition coefficient (Wildman–Crippen LogP) is 2.92. The van der Waals surface area contributed by atoms with E-state index in [-0.39, 0.29) is 29.8 Å². The van der Waals surface area contributed by atoms with Gasteiger partial charge in [-0.1, -0.05) is 0 Å². The van der Waals surface area contributed by atoms with Crippen LogP contribution < -0.4 is 10.6 Å². The molecule has 1 aliphatic heterocycles. The standard InChI is InChI=1S/C15H24N2OS.ClH/c1-11(9-13-6-5-12(2)19-13)17-14(18)15(3)7-4-8-16-10-15;/h5-6,11,16H,4,7-10H2,1-3H3,(H,17,18);1H. The summed E-state index contributed by atoms with van der Waals surface area (Å²) in [6, 6.07) is 4.50. The largest absolute Gasteiger partial charge is 0.353 e. The molecule has 114 valence electrons. The molecular weight excluding hydrogens is 292 g/mol. The molecule has 2 rings (SSSR count). The predicted molar refractivity (Wildman–Crippen MR) is 87.8 cm³/mol. The Morgan fingerprint density at radius 3 is 2.85 bits per heavy atom. The molecule has 20 heavy (non-hydrogen) atoms. The van der Waals surface area contributed by atoms with Gasteiger partial charge in [0.15, 0.2) is 0 Å². The summed E-state index contributed by atoms with van der Waals surface area (Å²) in [5, 5.41) is 6.50. The van der Waals surface area contributed by atoms with E-state index in [4.69, 9.17) is 0 Å². The molecule has 0 radical (unpaired) electrons. The molecule has 1 aliphatic rings. The maximum atomic E-state index is 12.4. The highest BCUT2D eigenvalue weighted by molar-refractivity contribution is 7.11. The molecule has 0 aliphatic carbocycles. The van der Waals surface area contributed by atoms with Crippen molar-refractivity contribution in [1.82, 2.24) is 10.6 Å². The monoisotopic (exact) mass is 316 g/mol. The van der Waals surface area contributed by atoms with E-state index in [0.29, 0.717) is 0 Å². The third-order valence-corrected chi connectivity index (χ3v) is 4.85. The van der Waals surface area contributed by atoms with Crippen LogP contribution in [0.15, 0.2) is 12.1 Å². The number of carbonyl (C=O) groups is 1. The van der Waals surface area contributed by atoms with Crippen molar-refractivity contribution in [2.45, 2.75) is 46.1 Å². The Morgan fingerprint density at radius 2 is 2.30 bits per heavy atom. The minimum absolute atomic E-state index is 0. The maximum Gasteiger partial charge on any atom is 0.227 e. The number of hydrogen-bond donors (Lipinski definition) is 2. The molecule has 1 aromatic rings. The van der Waals surface area contributed by atoms with Gasteiger partial charge in [0.05, 0.1) is 5.41 Å². The quantitative estimate of drug-likeness (QED) is 0.896. The average molecular weight is 317 g/mol. The first-order valence-corrected chi connectivity index (χ1v) is 7.88. The highest BCUT2D eigenvalue weighted by Crippen LogP contribution is 2.26. The Labute approximate surface area is 131 Å². The first-order valence-electron chi connectivity index (χ1n) is 7.07. The lowest BCUT2D eigenvalue weighted by Gasteiger charge is -2.33. The zero-order valence-electron chi connectivity index (χ0n) is 12.5. The van der Waals surface area contributed by atoms with Crippen LogP contribution in [0.1, 0.15) is 36.4 Å². The summed E-state index contributed by atoms with van der Waals surface area (Å²) in [5.41, 5.74) is -0.238. The van der Waals surface area contributed by atoms with Crippen LogP contribution in [0.2, 0.25) is 0 Å². The van der Waals surface area contributed by atoms with Crippen LogP contribution in [0.3, 0.4) is 0 Å². The SMILES string of the molecule is Cc1ccc(CC(C)NC(=O)C2(C)CCCNC2)s1.Cl. The molecule has 1 amide bonds. The van der Waals surface area contributed by atoms with Gasteiger partial charge in [-0.3, -0.25) is 4.79 Å². The van der Waals surface area contributed by atoms with Gasteiger partial charge in [-0.25, -0.2) is 0 Å². The lowest BCUT2D eigenvalue weighted by atomic mass is 9.81. The second-order valence-electron chi connectivity index (χ2n) is 5.93. The Bertz CT molecular complexity index is 441. The Hall–Kier alpha value is -0.580. The molecule has 2 atom stereocenters. The van der Waals surface area contributed by atoms with Crippen LogP contribution in [0.4, 0.5) is 0 Å². The van der Waals surface area contributed by atoms with E-state index in [0.717, 1.165) is 32.4 Å². The zero-order chi connectivity index (χ0) is 13.9. The van der Waals surface area contributed by atoms with Crippen molar-refractivity contribution in [2.24, 2.45) is 5.41 Å². The number of hydrogen-bond acceptors (Lipinski definition) is 3. The van der Waals surface area contributed by atoms with E-state index in [9.17, 15) is 4.79 Å². The number of halogens is 1. The van der Waals surface area contributed by atoms with Crippen LogP contribution in [-0.4, -0.2) is 25.0 Å². The first-order chi connectivity index (χ1) is 8.99. The molecule has 1 aromatic heterocycles. The molecule has 2 heterocycles. The first kappa shape index (κ1) is 17.5. The van der Waals surface area contributed by atoms with Crippen LogP contribution in [0.25, 0.3) is 0 Å². The molecule has 1 saturated heterocycles. The van der Waals surface area contributed by atoms with Gasteiger partial charge in [0.1, 0.15) is 0 Å². The molecule has 5 heteroatoms. The van der Waals surface area contributed by atoms with Gasteiger partial charge in [0.25, 0.3) is 0 Å². The average Bonchev–Trinajstić information content (AvgIpc) is 2.75. The van der Waals surface area contributed by atoms with Gasteiger partial charge < -0.3 is 10.6 Å². The molecule has 3 nitrogen and oxygen atoms in total. The number of thiophene rings is 1. The van der Waals surface area contributed by atoms with Crippen LogP contribution in [0, 0.1) is 12.3 Å². The third kappa shape index (κ3) is 4.47. The fourth-order valence-corrected chi connectivity index (χ4v) is 3.61. The molecule has 2 unspecified atom stereocenters. The van der Waals surface area contributed by atoms with Gasteiger partial charge in [-0.05, 0) is 52.3 Å².